The molecule has 1 fully saturated rings. The Hall–Kier alpha value is -1.39. The van der Waals surface area contributed by atoms with Crippen LogP contribution in [-0.4, -0.2) is 35.8 Å². The predicted octanol–water partition coefficient (Wildman–Crippen LogP) is -0.659. The second kappa shape index (κ2) is 2.83. The molecule has 2 aliphatic heterocycles. The highest BCUT2D eigenvalue weighted by Crippen LogP contribution is 2.15. The van der Waals surface area contributed by atoms with Crippen molar-refractivity contribution >= 4 is 17.8 Å². The summed E-state index contributed by atoms with van der Waals surface area (Å²) in [6.07, 6.45) is 0.550. The van der Waals surface area contributed by atoms with E-state index in [0.717, 1.165) is 0 Å². The fraction of sp³-hybridized carbons (Fsp3) is 0.625. The maximum Gasteiger partial charge on any atom is 0.241 e. The lowest BCUT2D eigenvalue weighted by Crippen LogP contribution is -2.56. The summed E-state index contributed by atoms with van der Waals surface area (Å²) in [5.41, 5.74) is 0. The zero-order chi connectivity index (χ0) is 9.42. The zero-order valence-corrected chi connectivity index (χ0v) is 7.41. The fourth-order valence-electron chi connectivity index (χ4n) is 1.63. The summed E-state index contributed by atoms with van der Waals surface area (Å²) in [7, 11) is 0. The number of hydrogen-bond donors (Lipinski definition) is 1. The average Bonchev–Trinajstić information content (AvgIpc) is 2.53. The summed E-state index contributed by atoms with van der Waals surface area (Å²) in [4.78, 5) is 28.5. The van der Waals surface area contributed by atoms with Gasteiger partial charge in [-0.05, 0) is 6.42 Å². The van der Waals surface area contributed by atoms with E-state index in [1.807, 2.05) is 6.92 Å². The standard InChI is InChI=1S/C8H11N3O2/c1-2-5-6(12)10-8-9-3-4-11(8)7(5)13/h5H,2-4H2,1H3,(H,9,10,12). The van der Waals surface area contributed by atoms with Gasteiger partial charge >= 0.3 is 0 Å². The van der Waals surface area contributed by atoms with Gasteiger partial charge in [0.25, 0.3) is 0 Å². The van der Waals surface area contributed by atoms with E-state index in [1.165, 1.54) is 0 Å². The van der Waals surface area contributed by atoms with Crippen LogP contribution >= 0.6 is 0 Å². The number of guanidine groups is 1. The first kappa shape index (κ1) is 8.22. The highest BCUT2D eigenvalue weighted by Gasteiger charge is 2.39. The molecule has 1 N–H and O–H groups in total. The van der Waals surface area contributed by atoms with Crippen LogP contribution < -0.4 is 5.32 Å². The summed E-state index contributed by atoms with van der Waals surface area (Å²) >= 11 is 0. The minimum Gasteiger partial charge on any atom is -0.295 e. The molecule has 1 unspecified atom stereocenters. The van der Waals surface area contributed by atoms with Crippen molar-refractivity contribution in [2.75, 3.05) is 13.1 Å². The second-order valence-electron chi connectivity index (χ2n) is 3.15. The molecule has 2 amide bonds. The van der Waals surface area contributed by atoms with Gasteiger partial charge in [0.15, 0.2) is 0 Å². The van der Waals surface area contributed by atoms with Gasteiger partial charge in [-0.1, -0.05) is 6.92 Å². The smallest absolute Gasteiger partial charge is 0.241 e. The summed E-state index contributed by atoms with van der Waals surface area (Å²) in [5, 5.41) is 2.63. The van der Waals surface area contributed by atoms with E-state index >= 15 is 0 Å². The largest absolute Gasteiger partial charge is 0.295 e. The van der Waals surface area contributed by atoms with Gasteiger partial charge in [0.1, 0.15) is 5.92 Å². The third-order valence-electron chi connectivity index (χ3n) is 2.36. The average molecular weight is 181 g/mol. The van der Waals surface area contributed by atoms with Crippen LogP contribution in [-0.2, 0) is 9.59 Å². The van der Waals surface area contributed by atoms with Crippen molar-refractivity contribution in [1.29, 1.82) is 0 Å². The highest BCUT2D eigenvalue weighted by atomic mass is 16.2. The van der Waals surface area contributed by atoms with E-state index in [0.29, 0.717) is 25.5 Å². The third kappa shape index (κ3) is 1.11. The van der Waals surface area contributed by atoms with Crippen LogP contribution in [0.4, 0.5) is 0 Å². The molecular weight excluding hydrogens is 170 g/mol. The molecule has 2 aliphatic rings. The Morgan fingerprint density at radius 3 is 3.08 bits per heavy atom. The molecule has 5 nitrogen and oxygen atoms in total. The molecule has 0 aromatic heterocycles. The van der Waals surface area contributed by atoms with Crippen molar-refractivity contribution in [3.8, 4) is 0 Å². The first-order valence-corrected chi connectivity index (χ1v) is 4.40. The molecule has 0 aromatic rings. The van der Waals surface area contributed by atoms with Gasteiger partial charge in [0, 0.05) is 6.54 Å². The Labute approximate surface area is 75.8 Å². The number of nitrogens with zero attached hydrogens (tertiary/aromatic N) is 2. The number of amides is 2. The van der Waals surface area contributed by atoms with Crippen LogP contribution in [0.5, 0.6) is 0 Å². The summed E-state index contributed by atoms with van der Waals surface area (Å²) in [5.74, 6) is -0.413. The lowest BCUT2D eigenvalue weighted by molar-refractivity contribution is -0.141. The van der Waals surface area contributed by atoms with Crippen molar-refractivity contribution in [3.63, 3.8) is 0 Å². The van der Waals surface area contributed by atoms with E-state index < -0.39 is 5.92 Å². The molecule has 0 radical (unpaired) electrons. The molecule has 2 heterocycles. The monoisotopic (exact) mass is 181 g/mol. The van der Waals surface area contributed by atoms with Crippen LogP contribution in [0.15, 0.2) is 4.99 Å². The second-order valence-corrected chi connectivity index (χ2v) is 3.15. The number of carbonyl (C=O) groups is 2. The van der Waals surface area contributed by atoms with Crippen molar-refractivity contribution in [3.05, 3.63) is 0 Å². The molecule has 1 saturated heterocycles. The minimum atomic E-state index is -0.517. The molecule has 0 aliphatic carbocycles. The Bertz CT molecular complexity index is 294. The molecule has 0 aromatic carbocycles. The van der Waals surface area contributed by atoms with Crippen LogP contribution in [0.25, 0.3) is 0 Å². The molecule has 1 atom stereocenters. The number of fused-ring (bicyclic) bond motifs is 1. The summed E-state index contributed by atoms with van der Waals surface area (Å²) in [6.45, 7) is 3.03. The third-order valence-corrected chi connectivity index (χ3v) is 2.36. The van der Waals surface area contributed by atoms with Gasteiger partial charge in [-0.3, -0.25) is 24.8 Å². The molecule has 0 spiro atoms. The summed E-state index contributed by atoms with van der Waals surface area (Å²) in [6, 6.07) is 0. The van der Waals surface area contributed by atoms with Crippen LogP contribution in [0.2, 0.25) is 0 Å². The van der Waals surface area contributed by atoms with E-state index in [1.54, 1.807) is 4.90 Å². The van der Waals surface area contributed by atoms with Crippen molar-refractivity contribution in [1.82, 2.24) is 10.2 Å². The number of nitrogens with one attached hydrogen (secondary N) is 1. The Balaban J connectivity index is 2.26. The molecular formula is C8H11N3O2. The van der Waals surface area contributed by atoms with Gasteiger partial charge in [0.2, 0.25) is 17.8 Å². The van der Waals surface area contributed by atoms with Gasteiger partial charge in [0.05, 0.1) is 6.54 Å². The normalized spacial score (nSPS) is 27.0. The van der Waals surface area contributed by atoms with Crippen LogP contribution in [0, 0.1) is 5.92 Å². The Morgan fingerprint density at radius 2 is 2.38 bits per heavy atom. The van der Waals surface area contributed by atoms with E-state index in [9.17, 15) is 9.59 Å². The number of carbonyl (C=O) groups excluding carboxylic acids is 2. The van der Waals surface area contributed by atoms with Crippen molar-refractivity contribution in [2.45, 2.75) is 13.3 Å². The van der Waals surface area contributed by atoms with Crippen molar-refractivity contribution in [2.24, 2.45) is 10.9 Å². The van der Waals surface area contributed by atoms with Crippen LogP contribution in [0.3, 0.4) is 0 Å². The molecule has 13 heavy (non-hydrogen) atoms. The maximum atomic E-state index is 11.6. The lowest BCUT2D eigenvalue weighted by Gasteiger charge is -2.28. The Morgan fingerprint density at radius 1 is 1.62 bits per heavy atom. The topological polar surface area (TPSA) is 61.8 Å². The van der Waals surface area contributed by atoms with E-state index in [4.69, 9.17) is 0 Å². The molecule has 0 saturated carbocycles. The maximum absolute atomic E-state index is 11.6. The van der Waals surface area contributed by atoms with E-state index in [-0.39, 0.29) is 11.8 Å². The Kier molecular flexibility index (Phi) is 1.79. The minimum absolute atomic E-state index is 0.109. The van der Waals surface area contributed by atoms with Gasteiger partial charge in [-0.15, -0.1) is 0 Å². The fourth-order valence-corrected chi connectivity index (χ4v) is 1.63. The number of hydrogen-bond acceptors (Lipinski definition) is 3. The molecule has 70 valence electrons. The molecule has 0 bridgehead atoms. The molecule has 5 heteroatoms. The predicted molar refractivity (Wildman–Crippen MR) is 45.9 cm³/mol. The first-order chi connectivity index (χ1) is 6.24. The van der Waals surface area contributed by atoms with Crippen molar-refractivity contribution < 1.29 is 9.59 Å². The van der Waals surface area contributed by atoms with Gasteiger partial charge < -0.3 is 0 Å². The highest BCUT2D eigenvalue weighted by molar-refractivity contribution is 6.17. The van der Waals surface area contributed by atoms with Gasteiger partial charge in [-0.2, -0.15) is 0 Å². The molecule has 2 rings (SSSR count). The van der Waals surface area contributed by atoms with Gasteiger partial charge in [-0.25, -0.2) is 0 Å². The zero-order valence-electron chi connectivity index (χ0n) is 7.41. The number of aliphatic imine (C=N–C) groups is 1. The lowest BCUT2D eigenvalue weighted by atomic mass is 10.0. The van der Waals surface area contributed by atoms with E-state index in [2.05, 4.69) is 10.3 Å². The SMILES string of the molecule is CCC1C(=O)NC2=NCCN2C1=O. The quantitative estimate of drug-likeness (QED) is 0.546. The van der Waals surface area contributed by atoms with Crippen LogP contribution in [0.1, 0.15) is 13.3 Å². The first-order valence-electron chi connectivity index (χ1n) is 4.40. The summed E-state index contributed by atoms with van der Waals surface area (Å²) < 4.78 is 0. The number of rotatable bonds is 1.